The first-order valence-corrected chi connectivity index (χ1v) is 11.1. The molecule has 1 aromatic carbocycles. The van der Waals surface area contributed by atoms with Gasteiger partial charge >= 0.3 is 0 Å². The molecule has 150 valence electrons. The van der Waals surface area contributed by atoms with Crippen LogP contribution in [0.2, 0.25) is 0 Å². The summed E-state index contributed by atoms with van der Waals surface area (Å²) >= 11 is 0. The molecule has 27 heavy (non-hydrogen) atoms. The third kappa shape index (κ3) is 4.80. The number of likely N-dealkylation sites (N-methyl/N-ethyl adjacent to an activating group) is 1. The summed E-state index contributed by atoms with van der Waals surface area (Å²) < 4.78 is 27.8. The van der Waals surface area contributed by atoms with E-state index in [0.717, 1.165) is 32.6 Å². The zero-order chi connectivity index (χ0) is 19.4. The summed E-state index contributed by atoms with van der Waals surface area (Å²) in [6, 6.07) is 7.13. The highest BCUT2D eigenvalue weighted by Crippen LogP contribution is 2.22. The fourth-order valence-electron chi connectivity index (χ4n) is 3.72. The van der Waals surface area contributed by atoms with Gasteiger partial charge in [-0.3, -0.25) is 0 Å². The molecule has 0 aliphatic carbocycles. The molecule has 2 aliphatic rings. The lowest BCUT2D eigenvalue weighted by Gasteiger charge is -2.32. The normalized spacial score (nSPS) is 23.6. The summed E-state index contributed by atoms with van der Waals surface area (Å²) in [6.45, 7) is 6.86. The molecule has 2 N–H and O–H groups in total. The molecule has 2 aliphatic heterocycles. The van der Waals surface area contributed by atoms with Crippen molar-refractivity contribution < 1.29 is 8.42 Å². The number of rotatable bonds is 4. The standard InChI is InChI=1S/C19H31N5O2S/c1-16-6-5-9-23(15-16)19(20)21-14-17-7-3-4-8-18(17)27(25,26)24-12-10-22(2)11-13-24/h3-4,7-8,16H,5-6,9-15H2,1-2H3,(H2,20,21). The van der Waals surface area contributed by atoms with E-state index in [2.05, 4.69) is 21.7 Å². The number of nitrogens with zero attached hydrogens (tertiary/aromatic N) is 4. The minimum absolute atomic E-state index is 0.278. The van der Waals surface area contributed by atoms with Crippen LogP contribution in [0.4, 0.5) is 0 Å². The van der Waals surface area contributed by atoms with Gasteiger partial charge in [0, 0.05) is 39.3 Å². The van der Waals surface area contributed by atoms with Gasteiger partial charge in [-0.1, -0.05) is 25.1 Å². The SMILES string of the molecule is CC1CCCN(C(N)=NCc2ccccc2S(=O)(=O)N2CCN(C)CC2)C1. The fourth-order valence-corrected chi connectivity index (χ4v) is 5.35. The Morgan fingerprint density at radius 1 is 1.19 bits per heavy atom. The topological polar surface area (TPSA) is 82.2 Å². The monoisotopic (exact) mass is 393 g/mol. The minimum Gasteiger partial charge on any atom is -0.370 e. The van der Waals surface area contributed by atoms with Crippen molar-refractivity contribution in [2.75, 3.05) is 46.3 Å². The first-order chi connectivity index (χ1) is 12.9. The van der Waals surface area contributed by atoms with Gasteiger partial charge in [-0.05, 0) is 37.4 Å². The zero-order valence-electron chi connectivity index (χ0n) is 16.3. The summed E-state index contributed by atoms with van der Waals surface area (Å²) in [7, 11) is -1.50. The quantitative estimate of drug-likeness (QED) is 0.613. The van der Waals surface area contributed by atoms with Crippen LogP contribution >= 0.6 is 0 Å². The Hall–Kier alpha value is -1.64. The van der Waals surface area contributed by atoms with Crippen LogP contribution in [0.5, 0.6) is 0 Å². The number of hydrogen-bond donors (Lipinski definition) is 1. The van der Waals surface area contributed by atoms with Gasteiger partial charge in [0.25, 0.3) is 0 Å². The van der Waals surface area contributed by atoms with Crippen LogP contribution in [-0.2, 0) is 16.6 Å². The average Bonchev–Trinajstić information content (AvgIpc) is 2.66. The molecule has 0 radical (unpaired) electrons. The molecule has 2 saturated heterocycles. The van der Waals surface area contributed by atoms with Gasteiger partial charge in [0.15, 0.2) is 5.96 Å². The number of guanidine groups is 1. The Morgan fingerprint density at radius 3 is 2.59 bits per heavy atom. The third-order valence-corrected chi connectivity index (χ3v) is 7.44. The Balaban J connectivity index is 1.76. The maximum absolute atomic E-state index is 13.1. The number of hydrogen-bond acceptors (Lipinski definition) is 4. The third-order valence-electron chi connectivity index (χ3n) is 5.45. The molecule has 0 spiro atoms. The molecule has 1 unspecified atom stereocenters. The van der Waals surface area contributed by atoms with Gasteiger partial charge in [0.05, 0.1) is 11.4 Å². The number of nitrogens with two attached hydrogens (primary N) is 1. The minimum atomic E-state index is -3.51. The molecular formula is C19H31N5O2S. The van der Waals surface area contributed by atoms with Gasteiger partial charge in [0.2, 0.25) is 10.0 Å². The van der Waals surface area contributed by atoms with Crippen molar-refractivity contribution in [3.8, 4) is 0 Å². The molecule has 0 saturated carbocycles. The van der Waals surface area contributed by atoms with E-state index in [-0.39, 0.29) is 6.54 Å². The van der Waals surface area contributed by atoms with E-state index in [4.69, 9.17) is 5.73 Å². The van der Waals surface area contributed by atoms with Crippen LogP contribution in [0.3, 0.4) is 0 Å². The second kappa shape index (κ2) is 8.58. The maximum Gasteiger partial charge on any atom is 0.243 e. The Kier molecular flexibility index (Phi) is 6.39. The summed E-state index contributed by atoms with van der Waals surface area (Å²) in [6.07, 6.45) is 2.33. The summed E-state index contributed by atoms with van der Waals surface area (Å²) in [5.74, 6) is 1.12. The lowest BCUT2D eigenvalue weighted by Crippen LogP contribution is -2.47. The van der Waals surface area contributed by atoms with Gasteiger partial charge in [-0.15, -0.1) is 0 Å². The number of sulfonamides is 1. The van der Waals surface area contributed by atoms with Crippen LogP contribution in [0.15, 0.2) is 34.2 Å². The summed E-state index contributed by atoms with van der Waals surface area (Å²) in [5.41, 5.74) is 6.88. The van der Waals surface area contributed by atoms with E-state index < -0.39 is 10.0 Å². The van der Waals surface area contributed by atoms with E-state index in [1.807, 2.05) is 19.2 Å². The number of benzene rings is 1. The van der Waals surface area contributed by atoms with Crippen LogP contribution in [0.25, 0.3) is 0 Å². The maximum atomic E-state index is 13.1. The van der Waals surface area contributed by atoms with Gasteiger partial charge in [-0.2, -0.15) is 4.31 Å². The molecule has 7 nitrogen and oxygen atoms in total. The zero-order valence-corrected chi connectivity index (χ0v) is 17.2. The van der Waals surface area contributed by atoms with Crippen molar-refractivity contribution in [3.05, 3.63) is 29.8 Å². The van der Waals surface area contributed by atoms with Crippen molar-refractivity contribution in [1.82, 2.24) is 14.1 Å². The molecule has 0 bridgehead atoms. The van der Waals surface area contributed by atoms with E-state index >= 15 is 0 Å². The van der Waals surface area contributed by atoms with Crippen LogP contribution in [-0.4, -0.2) is 74.8 Å². The Labute approximate surface area is 162 Å². The highest BCUT2D eigenvalue weighted by atomic mass is 32.2. The largest absolute Gasteiger partial charge is 0.370 e. The fraction of sp³-hybridized carbons (Fsp3) is 0.632. The molecule has 0 amide bonds. The van der Waals surface area contributed by atoms with Crippen molar-refractivity contribution in [1.29, 1.82) is 0 Å². The van der Waals surface area contributed by atoms with Crippen molar-refractivity contribution in [2.24, 2.45) is 16.6 Å². The van der Waals surface area contributed by atoms with Crippen molar-refractivity contribution >= 4 is 16.0 Å². The molecule has 2 heterocycles. The highest BCUT2D eigenvalue weighted by molar-refractivity contribution is 7.89. The molecule has 0 aromatic heterocycles. The summed E-state index contributed by atoms with van der Waals surface area (Å²) in [5, 5.41) is 0. The second-order valence-electron chi connectivity index (χ2n) is 7.68. The lowest BCUT2D eigenvalue weighted by molar-refractivity contribution is 0.222. The smallest absolute Gasteiger partial charge is 0.243 e. The van der Waals surface area contributed by atoms with Crippen molar-refractivity contribution in [3.63, 3.8) is 0 Å². The van der Waals surface area contributed by atoms with Crippen LogP contribution in [0, 0.1) is 5.92 Å². The highest BCUT2D eigenvalue weighted by Gasteiger charge is 2.29. The predicted molar refractivity (Wildman–Crippen MR) is 108 cm³/mol. The molecular weight excluding hydrogens is 362 g/mol. The lowest BCUT2D eigenvalue weighted by atomic mass is 10.0. The Morgan fingerprint density at radius 2 is 1.89 bits per heavy atom. The number of aliphatic imine (C=N–C) groups is 1. The average molecular weight is 394 g/mol. The van der Waals surface area contributed by atoms with Gasteiger partial charge < -0.3 is 15.5 Å². The van der Waals surface area contributed by atoms with Gasteiger partial charge in [0.1, 0.15) is 0 Å². The number of piperazine rings is 1. The second-order valence-corrected chi connectivity index (χ2v) is 9.59. The first-order valence-electron chi connectivity index (χ1n) is 9.69. The molecule has 1 atom stereocenters. The Bertz CT molecular complexity index is 772. The van der Waals surface area contributed by atoms with Gasteiger partial charge in [-0.25, -0.2) is 13.4 Å². The van der Waals surface area contributed by atoms with Crippen molar-refractivity contribution in [2.45, 2.75) is 31.2 Å². The molecule has 1 aromatic rings. The molecule has 8 heteroatoms. The van der Waals surface area contributed by atoms with E-state index in [1.165, 1.54) is 6.42 Å². The van der Waals surface area contributed by atoms with E-state index in [9.17, 15) is 8.42 Å². The number of piperidine rings is 1. The molecule has 3 rings (SSSR count). The van der Waals surface area contributed by atoms with E-state index in [0.29, 0.717) is 35.4 Å². The number of likely N-dealkylation sites (tertiary alicyclic amines) is 1. The summed E-state index contributed by atoms with van der Waals surface area (Å²) in [4.78, 5) is 9.10. The van der Waals surface area contributed by atoms with E-state index in [1.54, 1.807) is 16.4 Å². The predicted octanol–water partition coefficient (Wildman–Crippen LogP) is 1.17. The van der Waals surface area contributed by atoms with Crippen LogP contribution < -0.4 is 5.73 Å². The van der Waals surface area contributed by atoms with Crippen LogP contribution in [0.1, 0.15) is 25.3 Å². The molecule has 2 fully saturated rings. The first kappa shape index (κ1) is 20.1.